The molecule has 2 nitrogen and oxygen atoms in total. The lowest BCUT2D eigenvalue weighted by Gasteiger charge is -2.27. The van der Waals surface area contributed by atoms with Gasteiger partial charge >= 0.3 is 0 Å². The fraction of sp³-hybridized carbons (Fsp3) is 0. The first kappa shape index (κ1) is 30.0. The summed E-state index contributed by atoms with van der Waals surface area (Å²) < 4.78 is 9.63. The first-order valence-electron chi connectivity index (χ1n) is 18.0. The van der Waals surface area contributed by atoms with Crippen LogP contribution in [0.15, 0.2) is 192 Å². The van der Waals surface area contributed by atoms with Crippen LogP contribution in [0, 0.1) is 0 Å². The van der Waals surface area contributed by atoms with Crippen LogP contribution in [-0.2, 0) is 0 Å². The number of rotatable bonds is 5. The van der Waals surface area contributed by atoms with Crippen molar-refractivity contribution in [1.29, 1.82) is 0 Å². The number of fused-ring (bicyclic) bond motifs is 10. The number of hydrogen-bond acceptors (Lipinski definition) is 3. The topological polar surface area (TPSA) is 16.4 Å². The molecule has 3 heteroatoms. The summed E-state index contributed by atoms with van der Waals surface area (Å²) in [5.74, 6) is 0. The SMILES string of the molecule is c1ccc(-c2ccc(N(c3cc4sc5c6ccccc6ccc5c4c4ccccc34)c3cccc4c3oc3c(-c5ccccc5)cccc34)cc2)cc1. The zero-order valence-corrected chi connectivity index (χ0v) is 29.5. The minimum Gasteiger partial charge on any atom is -0.453 e. The van der Waals surface area contributed by atoms with Gasteiger partial charge in [-0.15, -0.1) is 11.3 Å². The zero-order valence-electron chi connectivity index (χ0n) is 28.7. The lowest BCUT2D eigenvalue weighted by molar-refractivity contribution is 0.670. The summed E-state index contributed by atoms with van der Waals surface area (Å²) in [5, 5.41) is 9.82. The average Bonchev–Trinajstić information content (AvgIpc) is 3.81. The van der Waals surface area contributed by atoms with Crippen LogP contribution in [-0.4, -0.2) is 0 Å². The van der Waals surface area contributed by atoms with E-state index in [1.54, 1.807) is 0 Å². The first-order chi connectivity index (χ1) is 26.3. The van der Waals surface area contributed by atoms with E-state index in [4.69, 9.17) is 4.42 Å². The van der Waals surface area contributed by atoms with E-state index in [9.17, 15) is 0 Å². The molecule has 9 aromatic carbocycles. The van der Waals surface area contributed by atoms with E-state index in [0.717, 1.165) is 50.1 Å². The van der Waals surface area contributed by atoms with Crippen LogP contribution >= 0.6 is 11.3 Å². The molecule has 11 aromatic rings. The molecule has 2 heterocycles. The van der Waals surface area contributed by atoms with E-state index in [-0.39, 0.29) is 0 Å². The van der Waals surface area contributed by atoms with Gasteiger partial charge in [0.25, 0.3) is 0 Å². The Labute approximate surface area is 310 Å². The highest BCUT2D eigenvalue weighted by Crippen LogP contribution is 2.50. The molecule has 53 heavy (non-hydrogen) atoms. The van der Waals surface area contributed by atoms with Gasteiger partial charge in [-0.2, -0.15) is 0 Å². The van der Waals surface area contributed by atoms with Gasteiger partial charge in [-0.25, -0.2) is 0 Å². The van der Waals surface area contributed by atoms with E-state index in [1.165, 1.54) is 52.8 Å². The first-order valence-corrected chi connectivity index (χ1v) is 18.8. The molecule has 0 atom stereocenters. The fourth-order valence-electron chi connectivity index (χ4n) is 8.20. The van der Waals surface area contributed by atoms with Gasteiger partial charge in [0.05, 0.1) is 11.4 Å². The Balaban J connectivity index is 1.21. The third kappa shape index (κ3) is 4.71. The molecule has 0 fully saturated rings. The second-order valence-electron chi connectivity index (χ2n) is 13.6. The van der Waals surface area contributed by atoms with Gasteiger partial charge in [-0.1, -0.05) is 164 Å². The van der Waals surface area contributed by atoms with Crippen molar-refractivity contribution < 1.29 is 4.42 Å². The molecule has 0 aliphatic carbocycles. The second kappa shape index (κ2) is 11.9. The summed E-state index contributed by atoms with van der Waals surface area (Å²) >= 11 is 1.88. The van der Waals surface area contributed by atoms with Crippen LogP contribution in [0.3, 0.4) is 0 Å². The Morgan fingerprint density at radius 1 is 0.396 bits per heavy atom. The third-order valence-electron chi connectivity index (χ3n) is 10.7. The molecular formula is C50H31NOS. The number of hydrogen-bond donors (Lipinski definition) is 0. The van der Waals surface area contributed by atoms with Crippen LogP contribution in [0.5, 0.6) is 0 Å². The number of benzene rings is 9. The van der Waals surface area contributed by atoms with Crippen molar-refractivity contribution in [3.8, 4) is 22.3 Å². The Morgan fingerprint density at radius 3 is 1.81 bits per heavy atom. The Morgan fingerprint density at radius 2 is 1.02 bits per heavy atom. The number of para-hydroxylation sites is 2. The zero-order chi connectivity index (χ0) is 34.9. The lowest BCUT2D eigenvalue weighted by atomic mass is 9.99. The molecule has 0 spiro atoms. The van der Waals surface area contributed by atoms with Gasteiger partial charge in [-0.05, 0) is 57.1 Å². The van der Waals surface area contributed by atoms with E-state index < -0.39 is 0 Å². The van der Waals surface area contributed by atoms with Crippen molar-refractivity contribution >= 4 is 92.1 Å². The third-order valence-corrected chi connectivity index (χ3v) is 11.8. The second-order valence-corrected chi connectivity index (χ2v) is 14.7. The Kier molecular flexibility index (Phi) is 6.76. The highest BCUT2D eigenvalue weighted by molar-refractivity contribution is 7.27. The van der Waals surface area contributed by atoms with Gasteiger partial charge < -0.3 is 9.32 Å². The molecule has 0 aliphatic rings. The molecule has 0 bridgehead atoms. The monoisotopic (exact) mass is 693 g/mol. The van der Waals surface area contributed by atoms with Crippen LogP contribution < -0.4 is 4.90 Å². The minimum atomic E-state index is 0.865. The van der Waals surface area contributed by atoms with E-state index in [0.29, 0.717) is 0 Å². The molecule has 0 N–H and O–H groups in total. The summed E-state index contributed by atoms with van der Waals surface area (Å²) in [6.07, 6.45) is 0. The molecule has 2 aromatic heterocycles. The fourth-order valence-corrected chi connectivity index (χ4v) is 9.49. The van der Waals surface area contributed by atoms with Gasteiger partial charge in [0, 0.05) is 47.6 Å². The number of nitrogens with zero attached hydrogens (tertiary/aromatic N) is 1. The van der Waals surface area contributed by atoms with Crippen LogP contribution in [0.4, 0.5) is 17.1 Å². The van der Waals surface area contributed by atoms with Crippen molar-refractivity contribution in [2.24, 2.45) is 0 Å². The predicted octanol–water partition coefficient (Wildman–Crippen LogP) is 15.1. The summed E-state index contributed by atoms with van der Waals surface area (Å²) in [6.45, 7) is 0. The number of furan rings is 1. The molecule has 248 valence electrons. The summed E-state index contributed by atoms with van der Waals surface area (Å²) in [4.78, 5) is 2.41. The van der Waals surface area contributed by atoms with E-state index in [2.05, 4.69) is 193 Å². The smallest absolute Gasteiger partial charge is 0.159 e. The lowest BCUT2D eigenvalue weighted by Crippen LogP contribution is -2.11. The van der Waals surface area contributed by atoms with Gasteiger partial charge in [0.15, 0.2) is 5.58 Å². The van der Waals surface area contributed by atoms with Crippen LogP contribution in [0.1, 0.15) is 0 Å². The largest absolute Gasteiger partial charge is 0.453 e. The van der Waals surface area contributed by atoms with Crippen LogP contribution in [0.25, 0.3) is 85.9 Å². The quantitative estimate of drug-likeness (QED) is 0.178. The van der Waals surface area contributed by atoms with Crippen molar-refractivity contribution in [2.45, 2.75) is 0 Å². The maximum Gasteiger partial charge on any atom is 0.159 e. The van der Waals surface area contributed by atoms with Gasteiger partial charge in [0.2, 0.25) is 0 Å². The van der Waals surface area contributed by atoms with Crippen molar-refractivity contribution in [2.75, 3.05) is 4.90 Å². The van der Waals surface area contributed by atoms with E-state index in [1.807, 2.05) is 11.3 Å². The molecular weight excluding hydrogens is 663 g/mol. The van der Waals surface area contributed by atoms with E-state index >= 15 is 0 Å². The Bertz CT molecular complexity index is 3160. The highest BCUT2D eigenvalue weighted by atomic mass is 32.1. The van der Waals surface area contributed by atoms with Crippen molar-refractivity contribution in [3.63, 3.8) is 0 Å². The highest BCUT2D eigenvalue weighted by Gasteiger charge is 2.24. The molecule has 0 amide bonds. The predicted molar refractivity (Wildman–Crippen MR) is 227 cm³/mol. The summed E-state index contributed by atoms with van der Waals surface area (Å²) in [7, 11) is 0. The molecule has 0 saturated carbocycles. The van der Waals surface area contributed by atoms with Gasteiger partial charge in [-0.3, -0.25) is 0 Å². The molecule has 0 unspecified atom stereocenters. The van der Waals surface area contributed by atoms with Crippen LogP contribution in [0.2, 0.25) is 0 Å². The minimum absolute atomic E-state index is 0.865. The standard InChI is InChI=1S/C50H31NOS/c1-3-13-32(14-4-1)33-25-28-36(29-26-33)51(44-24-12-23-42-41-22-11-21-37(48(41)52-49(42)44)34-15-5-2-6-16-34)45-31-46-47(40-20-10-9-19-39(40)45)43-30-27-35-17-7-8-18-38(35)50(43)53-46/h1-31H. The molecule has 11 rings (SSSR count). The maximum atomic E-state index is 7.04. The van der Waals surface area contributed by atoms with Crippen molar-refractivity contribution in [3.05, 3.63) is 188 Å². The number of thiophene rings is 1. The number of anilines is 3. The normalized spacial score (nSPS) is 11.8. The summed E-state index contributed by atoms with van der Waals surface area (Å²) in [5.41, 5.74) is 9.56. The Hall–Kier alpha value is -6.68. The van der Waals surface area contributed by atoms with Crippen molar-refractivity contribution in [1.82, 2.24) is 0 Å². The average molecular weight is 694 g/mol. The molecule has 0 radical (unpaired) electrons. The molecule has 0 aliphatic heterocycles. The summed E-state index contributed by atoms with van der Waals surface area (Å²) in [6, 6.07) is 67.7. The maximum absolute atomic E-state index is 7.04. The molecule has 0 saturated heterocycles. The van der Waals surface area contributed by atoms with Gasteiger partial charge in [0.1, 0.15) is 5.58 Å².